The number of nitrogens with zero attached hydrogens (tertiary/aromatic N) is 1. The molecule has 0 radical (unpaired) electrons. The van der Waals surface area contributed by atoms with E-state index >= 15 is 0 Å². The smallest absolute Gasteiger partial charge is 0.253 e. The van der Waals surface area contributed by atoms with Gasteiger partial charge in [-0.2, -0.15) is 0 Å². The van der Waals surface area contributed by atoms with Gasteiger partial charge in [-0.25, -0.2) is 0 Å². The Morgan fingerprint density at radius 2 is 1.67 bits per heavy atom. The quantitative estimate of drug-likeness (QED) is 0.405. The molecule has 1 aliphatic heterocycles. The highest BCUT2D eigenvalue weighted by atomic mass is 16.5. The topological polar surface area (TPSA) is 70.7 Å². The average Bonchev–Trinajstić information content (AvgIpc) is 2.86. The van der Waals surface area contributed by atoms with Crippen LogP contribution in [0.2, 0.25) is 0 Å². The highest BCUT2D eigenvalue weighted by molar-refractivity contribution is 5.96. The second-order valence-electron chi connectivity index (χ2n) is 8.62. The molecule has 1 aliphatic rings. The maximum absolute atomic E-state index is 12.7. The number of ether oxygens (including phenoxy) is 1. The maximum Gasteiger partial charge on any atom is 0.253 e. The first-order chi connectivity index (χ1) is 16.2. The summed E-state index contributed by atoms with van der Waals surface area (Å²) < 4.78 is 5.77. The SMILES string of the molecule is CCCCCCCOc1ccc(NC(=O)CNc2cccc(C(=O)N3CCCCC3)c2)cc1. The summed E-state index contributed by atoms with van der Waals surface area (Å²) in [5.41, 5.74) is 2.14. The molecule has 178 valence electrons. The van der Waals surface area contributed by atoms with Gasteiger partial charge in [0.05, 0.1) is 13.2 Å². The fourth-order valence-corrected chi connectivity index (χ4v) is 3.96. The number of piperidine rings is 1. The van der Waals surface area contributed by atoms with Gasteiger partial charge in [-0.3, -0.25) is 9.59 Å². The van der Waals surface area contributed by atoms with Crippen molar-refractivity contribution in [1.82, 2.24) is 4.90 Å². The van der Waals surface area contributed by atoms with E-state index in [-0.39, 0.29) is 18.4 Å². The van der Waals surface area contributed by atoms with E-state index in [0.29, 0.717) is 5.56 Å². The van der Waals surface area contributed by atoms with Crippen molar-refractivity contribution in [3.8, 4) is 5.75 Å². The standard InChI is InChI=1S/C27H37N3O3/c1-2-3-4-5-9-19-33-25-15-13-23(14-16-25)29-26(31)21-28-24-12-10-11-22(20-24)27(32)30-17-7-6-8-18-30/h10-16,20,28H,2-9,17-19,21H2,1H3,(H,29,31). The number of anilines is 2. The van der Waals surface area contributed by atoms with Gasteiger partial charge in [0.2, 0.25) is 5.91 Å². The van der Waals surface area contributed by atoms with Gasteiger partial charge in [-0.1, -0.05) is 38.7 Å². The molecular formula is C27H37N3O3. The molecule has 33 heavy (non-hydrogen) atoms. The zero-order valence-corrected chi connectivity index (χ0v) is 19.8. The Balaban J connectivity index is 1.40. The lowest BCUT2D eigenvalue weighted by Gasteiger charge is -2.26. The third kappa shape index (κ3) is 8.44. The Kier molecular flexibility index (Phi) is 10.1. The number of hydrogen-bond acceptors (Lipinski definition) is 4. The summed E-state index contributed by atoms with van der Waals surface area (Å²) in [6.07, 6.45) is 9.37. The van der Waals surface area contributed by atoms with Crippen molar-refractivity contribution in [2.24, 2.45) is 0 Å². The van der Waals surface area contributed by atoms with Crippen LogP contribution in [0.5, 0.6) is 5.75 Å². The van der Waals surface area contributed by atoms with E-state index in [2.05, 4.69) is 17.6 Å². The van der Waals surface area contributed by atoms with Gasteiger partial charge in [0.25, 0.3) is 5.91 Å². The fourth-order valence-electron chi connectivity index (χ4n) is 3.96. The largest absolute Gasteiger partial charge is 0.494 e. The number of nitrogens with one attached hydrogen (secondary N) is 2. The molecule has 6 nitrogen and oxygen atoms in total. The summed E-state index contributed by atoms with van der Waals surface area (Å²) in [5, 5.41) is 6.00. The number of carbonyl (C=O) groups excluding carboxylic acids is 2. The van der Waals surface area contributed by atoms with E-state index in [1.54, 1.807) is 0 Å². The Bertz CT molecular complexity index is 876. The van der Waals surface area contributed by atoms with Crippen LogP contribution in [0.4, 0.5) is 11.4 Å². The third-order valence-electron chi connectivity index (χ3n) is 5.86. The van der Waals surface area contributed by atoms with E-state index in [0.717, 1.165) is 56.1 Å². The molecule has 2 aromatic carbocycles. The van der Waals surface area contributed by atoms with Gasteiger partial charge in [0.15, 0.2) is 0 Å². The van der Waals surface area contributed by atoms with Crippen LogP contribution in [0.25, 0.3) is 0 Å². The molecule has 0 aromatic heterocycles. The maximum atomic E-state index is 12.7. The van der Waals surface area contributed by atoms with Crippen LogP contribution in [0.15, 0.2) is 48.5 Å². The summed E-state index contributed by atoms with van der Waals surface area (Å²) in [4.78, 5) is 27.0. The van der Waals surface area contributed by atoms with Crippen molar-refractivity contribution >= 4 is 23.2 Å². The van der Waals surface area contributed by atoms with Crippen molar-refractivity contribution < 1.29 is 14.3 Å². The summed E-state index contributed by atoms with van der Waals surface area (Å²) in [7, 11) is 0. The van der Waals surface area contributed by atoms with Crippen molar-refractivity contribution in [2.75, 3.05) is 36.9 Å². The Labute approximate surface area is 197 Å². The highest BCUT2D eigenvalue weighted by Gasteiger charge is 2.18. The fraction of sp³-hybridized carbons (Fsp3) is 0.481. The predicted octanol–water partition coefficient (Wildman–Crippen LogP) is 5.71. The van der Waals surface area contributed by atoms with Crippen LogP contribution in [0.1, 0.15) is 68.6 Å². The highest BCUT2D eigenvalue weighted by Crippen LogP contribution is 2.18. The molecule has 3 rings (SSSR count). The van der Waals surface area contributed by atoms with E-state index in [1.807, 2.05) is 53.4 Å². The summed E-state index contributed by atoms with van der Waals surface area (Å²) in [5.74, 6) is 0.732. The molecule has 2 amide bonds. The minimum Gasteiger partial charge on any atom is -0.494 e. The molecule has 2 N–H and O–H groups in total. The van der Waals surface area contributed by atoms with Crippen molar-refractivity contribution in [3.05, 3.63) is 54.1 Å². The number of amides is 2. The number of unbranched alkanes of at least 4 members (excludes halogenated alkanes) is 4. The van der Waals surface area contributed by atoms with E-state index in [1.165, 1.54) is 32.1 Å². The average molecular weight is 452 g/mol. The normalized spacial score (nSPS) is 13.4. The molecule has 1 saturated heterocycles. The second-order valence-corrected chi connectivity index (χ2v) is 8.62. The first kappa shape index (κ1) is 24.6. The van der Waals surface area contributed by atoms with Gasteiger partial charge in [-0.15, -0.1) is 0 Å². The molecule has 0 spiro atoms. The van der Waals surface area contributed by atoms with Crippen molar-refractivity contribution in [2.45, 2.75) is 58.3 Å². The van der Waals surface area contributed by atoms with Crippen LogP contribution >= 0.6 is 0 Å². The zero-order valence-electron chi connectivity index (χ0n) is 19.8. The molecule has 2 aromatic rings. The summed E-state index contributed by atoms with van der Waals surface area (Å²) in [6, 6.07) is 14.8. The molecular weight excluding hydrogens is 414 g/mol. The first-order valence-electron chi connectivity index (χ1n) is 12.3. The van der Waals surface area contributed by atoms with Gasteiger partial charge in [0.1, 0.15) is 5.75 Å². The molecule has 0 aliphatic carbocycles. The lowest BCUT2D eigenvalue weighted by molar-refractivity contribution is -0.114. The van der Waals surface area contributed by atoms with E-state index < -0.39 is 0 Å². The zero-order chi connectivity index (χ0) is 23.3. The number of carbonyl (C=O) groups is 2. The molecule has 0 bridgehead atoms. The Hall–Kier alpha value is -3.02. The molecule has 1 heterocycles. The van der Waals surface area contributed by atoms with Crippen LogP contribution in [-0.4, -0.2) is 43.0 Å². The molecule has 1 fully saturated rings. The summed E-state index contributed by atoms with van der Waals surface area (Å²) >= 11 is 0. The second kappa shape index (κ2) is 13.5. The van der Waals surface area contributed by atoms with E-state index in [4.69, 9.17) is 4.74 Å². The van der Waals surface area contributed by atoms with Crippen LogP contribution in [-0.2, 0) is 4.79 Å². The lowest BCUT2D eigenvalue weighted by atomic mass is 10.1. The number of benzene rings is 2. The minimum absolute atomic E-state index is 0.0612. The lowest BCUT2D eigenvalue weighted by Crippen LogP contribution is -2.35. The van der Waals surface area contributed by atoms with Gasteiger partial charge >= 0.3 is 0 Å². The minimum atomic E-state index is -0.146. The van der Waals surface area contributed by atoms with Crippen LogP contribution < -0.4 is 15.4 Å². The third-order valence-corrected chi connectivity index (χ3v) is 5.86. The molecule has 0 unspecified atom stereocenters. The monoisotopic (exact) mass is 451 g/mol. The number of rotatable bonds is 12. The molecule has 6 heteroatoms. The Morgan fingerprint density at radius 3 is 2.42 bits per heavy atom. The van der Waals surface area contributed by atoms with Gasteiger partial charge < -0.3 is 20.3 Å². The number of hydrogen-bond donors (Lipinski definition) is 2. The predicted molar refractivity (Wildman–Crippen MR) is 134 cm³/mol. The molecule has 0 atom stereocenters. The van der Waals surface area contributed by atoms with Crippen molar-refractivity contribution in [1.29, 1.82) is 0 Å². The van der Waals surface area contributed by atoms with Crippen LogP contribution in [0.3, 0.4) is 0 Å². The van der Waals surface area contributed by atoms with Gasteiger partial charge in [0, 0.05) is 30.0 Å². The Morgan fingerprint density at radius 1 is 0.909 bits per heavy atom. The van der Waals surface area contributed by atoms with Crippen LogP contribution in [0, 0.1) is 0 Å². The first-order valence-corrected chi connectivity index (χ1v) is 12.3. The molecule has 0 saturated carbocycles. The number of likely N-dealkylation sites (tertiary alicyclic amines) is 1. The van der Waals surface area contributed by atoms with E-state index in [9.17, 15) is 9.59 Å². The van der Waals surface area contributed by atoms with Crippen molar-refractivity contribution in [3.63, 3.8) is 0 Å². The van der Waals surface area contributed by atoms with Gasteiger partial charge in [-0.05, 0) is 68.1 Å². The summed E-state index contributed by atoms with van der Waals surface area (Å²) in [6.45, 7) is 4.70.